The summed E-state index contributed by atoms with van der Waals surface area (Å²) in [4.78, 5) is 2.66. The van der Waals surface area contributed by atoms with Gasteiger partial charge in [0.15, 0.2) is 0 Å². The maximum atomic E-state index is 3.26. The molecule has 3 aliphatic rings. The van der Waals surface area contributed by atoms with Gasteiger partial charge >= 0.3 is 0 Å². The number of fused-ring (bicyclic) bond motifs is 3. The Morgan fingerprint density at radius 3 is 2.45 bits per heavy atom. The van der Waals surface area contributed by atoms with Crippen molar-refractivity contribution >= 4 is 5.57 Å². The van der Waals surface area contributed by atoms with Crippen LogP contribution in [0.3, 0.4) is 0 Å². The molecule has 0 radical (unpaired) electrons. The first-order valence-electron chi connectivity index (χ1n) is 15.7. The van der Waals surface area contributed by atoms with Gasteiger partial charge in [0.1, 0.15) is 0 Å². The third-order valence-corrected chi connectivity index (χ3v) is 9.31. The molecule has 0 spiro atoms. The Morgan fingerprint density at radius 1 is 1.02 bits per heavy atom. The average molecular weight is 559 g/mol. The SMILES string of the molecule is CC.CC=CC1(c2ccccc2C/C=C(C)\C(=C/NC)c2ccccc2)C2CC=CC(C)=C2C2=CC=CCN2C1(C)C. The van der Waals surface area contributed by atoms with Gasteiger partial charge in [-0.2, -0.15) is 0 Å². The van der Waals surface area contributed by atoms with E-state index in [2.05, 4.69) is 154 Å². The minimum atomic E-state index is -0.187. The Bertz CT molecular complexity index is 1460. The summed E-state index contributed by atoms with van der Waals surface area (Å²) in [6.45, 7) is 16.6. The van der Waals surface area contributed by atoms with Crippen molar-refractivity contribution in [2.24, 2.45) is 5.92 Å². The van der Waals surface area contributed by atoms with Crippen molar-refractivity contribution in [3.8, 4) is 0 Å². The molecule has 2 aromatic carbocycles. The molecule has 0 aromatic heterocycles. The average Bonchev–Trinajstić information content (AvgIpc) is 3.02. The summed E-state index contributed by atoms with van der Waals surface area (Å²) in [6.07, 6.45) is 22.9. The van der Waals surface area contributed by atoms with Gasteiger partial charge in [-0.25, -0.2) is 0 Å². The molecule has 0 amide bonds. The Kier molecular flexibility index (Phi) is 9.99. The molecule has 0 saturated carbocycles. The van der Waals surface area contributed by atoms with E-state index in [-0.39, 0.29) is 11.0 Å². The third kappa shape index (κ3) is 5.40. The van der Waals surface area contributed by atoms with E-state index in [1.54, 1.807) is 0 Å². The zero-order valence-electron chi connectivity index (χ0n) is 27.0. The van der Waals surface area contributed by atoms with Gasteiger partial charge in [0.2, 0.25) is 0 Å². The highest BCUT2D eigenvalue weighted by Gasteiger charge is 2.59. The van der Waals surface area contributed by atoms with Crippen LogP contribution in [0, 0.1) is 5.92 Å². The number of allylic oxidation sites excluding steroid dienone is 10. The Balaban J connectivity index is 0.00000198. The smallest absolute Gasteiger partial charge is 0.0486 e. The topological polar surface area (TPSA) is 15.3 Å². The van der Waals surface area contributed by atoms with E-state index >= 15 is 0 Å². The lowest BCUT2D eigenvalue weighted by Crippen LogP contribution is -2.65. The highest BCUT2D eigenvalue weighted by atomic mass is 15.2. The molecule has 5 rings (SSSR count). The fourth-order valence-electron chi connectivity index (χ4n) is 7.44. The quantitative estimate of drug-likeness (QED) is 0.269. The largest absolute Gasteiger partial charge is 0.393 e. The van der Waals surface area contributed by atoms with Gasteiger partial charge in [0.05, 0.1) is 0 Å². The predicted molar refractivity (Wildman–Crippen MR) is 183 cm³/mol. The Morgan fingerprint density at radius 2 is 1.74 bits per heavy atom. The number of nitrogens with zero attached hydrogens (tertiary/aromatic N) is 1. The molecule has 2 unspecified atom stereocenters. The van der Waals surface area contributed by atoms with Crippen LogP contribution in [-0.4, -0.2) is 24.0 Å². The predicted octanol–water partition coefficient (Wildman–Crippen LogP) is 9.72. The van der Waals surface area contributed by atoms with E-state index < -0.39 is 0 Å². The zero-order valence-corrected chi connectivity index (χ0v) is 27.0. The van der Waals surface area contributed by atoms with Gasteiger partial charge < -0.3 is 10.2 Å². The summed E-state index contributed by atoms with van der Waals surface area (Å²) in [5.41, 5.74) is 10.6. The zero-order chi connectivity index (χ0) is 30.3. The number of piperidine rings is 1. The minimum absolute atomic E-state index is 0.133. The van der Waals surface area contributed by atoms with E-state index in [4.69, 9.17) is 0 Å². The van der Waals surface area contributed by atoms with E-state index in [0.29, 0.717) is 5.92 Å². The molecule has 2 heterocycles. The van der Waals surface area contributed by atoms with Crippen LogP contribution in [0.15, 0.2) is 132 Å². The second kappa shape index (κ2) is 13.5. The molecule has 220 valence electrons. The van der Waals surface area contributed by atoms with Gasteiger partial charge in [-0.3, -0.25) is 0 Å². The van der Waals surface area contributed by atoms with Crippen LogP contribution >= 0.6 is 0 Å². The summed E-state index contributed by atoms with van der Waals surface area (Å²) in [5.74, 6) is 0.369. The lowest BCUT2D eigenvalue weighted by molar-refractivity contribution is 0.0491. The molecule has 2 aliphatic heterocycles. The number of hydrogen-bond donors (Lipinski definition) is 1. The minimum Gasteiger partial charge on any atom is -0.393 e. The first kappa shape index (κ1) is 31.2. The highest BCUT2D eigenvalue weighted by Crippen LogP contribution is 2.59. The van der Waals surface area contributed by atoms with E-state index in [0.717, 1.165) is 19.4 Å². The standard InChI is InChI=1S/C38H44N2.C2H6/c1-7-25-38(34-21-15-16-29(3)36(34)35-22-13-14-26-40(35)37(38,4)5)33-20-12-11-19-31(33)24-23-28(2)32(27-39-6)30-17-9-8-10-18-30;1-2/h7-20,22-23,25,27,34,39H,21,24,26H2,1-6H3;1-2H3/b25-7?,28-23-,32-27+;. The molecule has 1 saturated heterocycles. The first-order chi connectivity index (χ1) is 20.4. The molecule has 2 heteroatoms. The number of hydrogen-bond acceptors (Lipinski definition) is 2. The molecular formula is C40H50N2. The fourth-order valence-corrected chi connectivity index (χ4v) is 7.44. The Labute approximate surface area is 255 Å². The molecule has 0 bridgehead atoms. The van der Waals surface area contributed by atoms with Gasteiger partial charge in [-0.1, -0.05) is 111 Å². The summed E-state index contributed by atoms with van der Waals surface area (Å²) >= 11 is 0. The summed E-state index contributed by atoms with van der Waals surface area (Å²) in [5, 5.41) is 3.26. The van der Waals surface area contributed by atoms with Crippen LogP contribution in [0.5, 0.6) is 0 Å². The third-order valence-electron chi connectivity index (χ3n) is 9.31. The first-order valence-corrected chi connectivity index (χ1v) is 15.7. The summed E-state index contributed by atoms with van der Waals surface area (Å²) < 4.78 is 0. The van der Waals surface area contributed by atoms with Gasteiger partial charge in [0, 0.05) is 42.4 Å². The van der Waals surface area contributed by atoms with Crippen LogP contribution in [0.1, 0.15) is 71.6 Å². The van der Waals surface area contributed by atoms with Gasteiger partial charge in [-0.15, -0.1) is 0 Å². The molecule has 1 N–H and O–H groups in total. The summed E-state index contributed by atoms with van der Waals surface area (Å²) in [7, 11) is 1.97. The molecule has 2 aromatic rings. The molecule has 1 aliphatic carbocycles. The second-order valence-electron chi connectivity index (χ2n) is 11.8. The van der Waals surface area contributed by atoms with Crippen molar-refractivity contribution in [2.75, 3.05) is 13.6 Å². The molecular weight excluding hydrogens is 508 g/mol. The second-order valence-corrected chi connectivity index (χ2v) is 11.8. The Hall–Kier alpha value is -3.78. The number of nitrogens with one attached hydrogen (secondary N) is 1. The van der Waals surface area contributed by atoms with E-state index in [1.165, 1.54) is 44.7 Å². The van der Waals surface area contributed by atoms with E-state index in [9.17, 15) is 0 Å². The number of rotatable bonds is 7. The van der Waals surface area contributed by atoms with Gasteiger partial charge in [-0.05, 0) is 92.5 Å². The van der Waals surface area contributed by atoms with Crippen LogP contribution in [0.4, 0.5) is 0 Å². The highest BCUT2D eigenvalue weighted by molar-refractivity contribution is 5.78. The maximum Gasteiger partial charge on any atom is 0.0486 e. The van der Waals surface area contributed by atoms with Crippen LogP contribution in [-0.2, 0) is 11.8 Å². The van der Waals surface area contributed by atoms with Crippen molar-refractivity contribution < 1.29 is 0 Å². The molecule has 2 nitrogen and oxygen atoms in total. The summed E-state index contributed by atoms with van der Waals surface area (Å²) in [6, 6.07) is 19.9. The molecule has 42 heavy (non-hydrogen) atoms. The maximum absolute atomic E-state index is 3.26. The normalized spacial score (nSPS) is 23.2. The van der Waals surface area contributed by atoms with Crippen molar-refractivity contribution in [1.82, 2.24) is 10.2 Å². The van der Waals surface area contributed by atoms with Crippen molar-refractivity contribution in [2.45, 2.75) is 72.3 Å². The van der Waals surface area contributed by atoms with Crippen molar-refractivity contribution in [1.29, 1.82) is 0 Å². The number of benzene rings is 2. The van der Waals surface area contributed by atoms with Crippen molar-refractivity contribution in [3.05, 3.63) is 149 Å². The van der Waals surface area contributed by atoms with Crippen LogP contribution in [0.25, 0.3) is 5.57 Å². The lowest BCUT2D eigenvalue weighted by Gasteiger charge is -2.63. The van der Waals surface area contributed by atoms with Crippen LogP contribution < -0.4 is 5.32 Å². The van der Waals surface area contributed by atoms with Crippen LogP contribution in [0.2, 0.25) is 0 Å². The van der Waals surface area contributed by atoms with Gasteiger partial charge in [0.25, 0.3) is 0 Å². The van der Waals surface area contributed by atoms with E-state index in [1.807, 2.05) is 20.9 Å². The fraction of sp³-hybridized carbons (Fsp3) is 0.350. The monoisotopic (exact) mass is 558 g/mol. The lowest BCUT2D eigenvalue weighted by atomic mass is 9.51. The molecule has 2 atom stereocenters. The van der Waals surface area contributed by atoms with Crippen molar-refractivity contribution in [3.63, 3.8) is 0 Å². The molecule has 1 fully saturated rings.